The maximum Gasteiger partial charge on any atom is 0.295 e. The Morgan fingerprint density at radius 2 is 1.27 bits per heavy atom. The summed E-state index contributed by atoms with van der Waals surface area (Å²) in [6.45, 7) is 2.20. The molecule has 0 aliphatic carbocycles. The van der Waals surface area contributed by atoms with E-state index in [1.807, 2.05) is 0 Å². The third-order valence-corrected chi connectivity index (χ3v) is 6.59. The number of nitrogens with zero attached hydrogens (tertiary/aromatic N) is 2. The molecule has 2 heteroatoms. The summed E-state index contributed by atoms with van der Waals surface area (Å²) in [6, 6.07) is 41.3. The van der Waals surface area contributed by atoms with Crippen LogP contribution < -0.4 is 4.57 Å². The monoisotopic (exact) mass is 425 g/mol. The fraction of sp³-hybridized carbons (Fsp3) is 0.0645. The molecular weight excluding hydrogens is 400 g/mol. The van der Waals surface area contributed by atoms with Crippen LogP contribution in [0.4, 0.5) is 0 Å². The lowest BCUT2D eigenvalue weighted by Crippen LogP contribution is -2.30. The van der Waals surface area contributed by atoms with Gasteiger partial charge in [-0.15, -0.1) is 0 Å². The van der Waals surface area contributed by atoms with Crippen LogP contribution >= 0.6 is 0 Å². The van der Waals surface area contributed by atoms with Crippen molar-refractivity contribution < 1.29 is 4.57 Å². The number of hydrogen-bond acceptors (Lipinski definition) is 0. The second kappa shape index (κ2) is 7.75. The maximum absolute atomic E-state index is 2.38. The molecule has 0 aliphatic heterocycles. The van der Waals surface area contributed by atoms with Crippen LogP contribution in [0.1, 0.15) is 5.56 Å². The minimum atomic E-state index is 1.17. The molecule has 0 unspecified atom stereocenters. The van der Waals surface area contributed by atoms with Crippen LogP contribution in [-0.2, 0) is 7.05 Å². The highest BCUT2D eigenvalue weighted by molar-refractivity contribution is 5.88. The second-order valence-corrected chi connectivity index (χ2v) is 8.63. The van der Waals surface area contributed by atoms with Gasteiger partial charge in [0, 0.05) is 0 Å². The molecule has 2 nitrogen and oxygen atoms in total. The van der Waals surface area contributed by atoms with Crippen molar-refractivity contribution in [3.8, 4) is 28.2 Å². The van der Waals surface area contributed by atoms with Crippen LogP contribution in [0.3, 0.4) is 0 Å². The molecule has 0 atom stereocenters. The number of benzene rings is 5. The molecule has 1 aromatic heterocycles. The van der Waals surface area contributed by atoms with Crippen molar-refractivity contribution in [1.82, 2.24) is 4.57 Å². The largest absolute Gasteiger partial charge is 0.295 e. The zero-order valence-electron chi connectivity index (χ0n) is 18.9. The molecule has 158 valence electrons. The number of aromatic nitrogens is 2. The topological polar surface area (TPSA) is 8.81 Å². The first kappa shape index (κ1) is 19.5. The van der Waals surface area contributed by atoms with Crippen LogP contribution in [0, 0.1) is 6.92 Å². The summed E-state index contributed by atoms with van der Waals surface area (Å²) in [6.07, 6.45) is 0. The smallest absolute Gasteiger partial charge is 0.225 e. The van der Waals surface area contributed by atoms with E-state index in [9.17, 15) is 0 Å². The molecule has 0 amide bonds. The van der Waals surface area contributed by atoms with Gasteiger partial charge in [0.05, 0.1) is 12.6 Å². The Balaban J connectivity index is 1.61. The first-order chi connectivity index (χ1) is 16.2. The summed E-state index contributed by atoms with van der Waals surface area (Å²) < 4.78 is 4.69. The minimum Gasteiger partial charge on any atom is -0.225 e. The molecule has 6 aromatic rings. The summed E-state index contributed by atoms with van der Waals surface area (Å²) in [5.74, 6) is 1.18. The zero-order chi connectivity index (χ0) is 22.4. The van der Waals surface area contributed by atoms with Gasteiger partial charge < -0.3 is 0 Å². The van der Waals surface area contributed by atoms with Gasteiger partial charge in [-0.2, -0.15) is 4.57 Å². The van der Waals surface area contributed by atoms with Crippen molar-refractivity contribution in [1.29, 1.82) is 0 Å². The number of hydrogen-bond donors (Lipinski definition) is 0. The van der Waals surface area contributed by atoms with E-state index in [-0.39, 0.29) is 0 Å². The molecule has 33 heavy (non-hydrogen) atoms. The van der Waals surface area contributed by atoms with Gasteiger partial charge in [-0.05, 0) is 70.8 Å². The molecule has 6 rings (SSSR count). The minimum absolute atomic E-state index is 1.17. The Morgan fingerprint density at radius 3 is 2.12 bits per heavy atom. The van der Waals surface area contributed by atoms with Crippen molar-refractivity contribution in [3.05, 3.63) is 121 Å². The molecule has 0 aliphatic rings. The van der Waals surface area contributed by atoms with Crippen molar-refractivity contribution in [2.45, 2.75) is 6.92 Å². The quantitative estimate of drug-likeness (QED) is 0.264. The maximum atomic E-state index is 2.38. The molecule has 0 spiro atoms. The Labute approximate surface area is 194 Å². The van der Waals surface area contributed by atoms with Crippen LogP contribution in [0.25, 0.3) is 50.0 Å². The number of imidazole rings is 1. The zero-order valence-corrected chi connectivity index (χ0v) is 18.9. The third-order valence-electron chi connectivity index (χ3n) is 6.59. The van der Waals surface area contributed by atoms with Crippen molar-refractivity contribution in [2.24, 2.45) is 7.05 Å². The first-order valence-corrected chi connectivity index (χ1v) is 11.4. The van der Waals surface area contributed by atoms with E-state index in [1.165, 1.54) is 55.6 Å². The molecule has 0 N–H and O–H groups in total. The van der Waals surface area contributed by atoms with E-state index in [1.54, 1.807) is 0 Å². The SMILES string of the molecule is Cc1ccc(-c2ccc3ccccc3c2)cc1-c1n(-c2ccccc2)c2ccccc2[n+]1C. The number of fused-ring (bicyclic) bond motifs is 2. The molecule has 0 radical (unpaired) electrons. The summed E-state index contributed by atoms with van der Waals surface area (Å²) in [5.41, 5.74) is 8.55. The van der Waals surface area contributed by atoms with Gasteiger partial charge >= 0.3 is 0 Å². The van der Waals surface area contributed by atoms with Gasteiger partial charge in [0.2, 0.25) is 0 Å². The molecule has 1 heterocycles. The van der Waals surface area contributed by atoms with E-state index in [0.29, 0.717) is 0 Å². The van der Waals surface area contributed by atoms with E-state index in [2.05, 4.69) is 138 Å². The number of para-hydroxylation sites is 3. The number of rotatable bonds is 3. The van der Waals surface area contributed by atoms with Crippen molar-refractivity contribution >= 4 is 21.8 Å². The molecule has 0 saturated carbocycles. The molecular formula is C31H25N2+. The van der Waals surface area contributed by atoms with Gasteiger partial charge in [0.25, 0.3) is 5.82 Å². The van der Waals surface area contributed by atoms with Crippen molar-refractivity contribution in [3.63, 3.8) is 0 Å². The normalized spacial score (nSPS) is 11.3. The highest BCUT2D eigenvalue weighted by Gasteiger charge is 2.27. The van der Waals surface area contributed by atoms with Crippen molar-refractivity contribution in [2.75, 3.05) is 0 Å². The highest BCUT2D eigenvalue weighted by atomic mass is 15.2. The highest BCUT2D eigenvalue weighted by Crippen LogP contribution is 2.33. The van der Waals surface area contributed by atoms with Gasteiger partial charge in [-0.1, -0.05) is 78.9 Å². The predicted octanol–water partition coefficient (Wildman–Crippen LogP) is 7.25. The lowest BCUT2D eigenvalue weighted by Gasteiger charge is -2.10. The average molecular weight is 426 g/mol. The fourth-order valence-corrected chi connectivity index (χ4v) is 4.87. The van der Waals surface area contributed by atoms with Crippen LogP contribution in [-0.4, -0.2) is 4.57 Å². The second-order valence-electron chi connectivity index (χ2n) is 8.63. The summed E-state index contributed by atoms with van der Waals surface area (Å²) in [5, 5.41) is 2.53. The lowest BCUT2D eigenvalue weighted by atomic mass is 9.97. The average Bonchev–Trinajstić information content (AvgIpc) is 3.17. The van der Waals surface area contributed by atoms with Gasteiger partial charge in [-0.25, -0.2) is 4.57 Å². The van der Waals surface area contributed by atoms with Crippen LogP contribution in [0.2, 0.25) is 0 Å². The summed E-state index contributed by atoms with van der Waals surface area (Å²) >= 11 is 0. The van der Waals surface area contributed by atoms with E-state index < -0.39 is 0 Å². The Kier molecular flexibility index (Phi) is 4.58. The van der Waals surface area contributed by atoms with Crippen LogP contribution in [0.15, 0.2) is 115 Å². The summed E-state index contributed by atoms with van der Waals surface area (Å²) in [4.78, 5) is 0. The molecule has 0 bridgehead atoms. The van der Waals surface area contributed by atoms with Gasteiger partial charge in [0.1, 0.15) is 5.69 Å². The van der Waals surface area contributed by atoms with E-state index in [4.69, 9.17) is 0 Å². The van der Waals surface area contributed by atoms with Gasteiger partial charge in [0.15, 0.2) is 11.0 Å². The standard InChI is InChI=1S/C31H25N2/c1-22-16-17-26(25-19-18-23-10-6-7-11-24(23)20-25)21-28(22)31-32(2)29-14-8-9-15-30(29)33(31)27-12-4-3-5-13-27/h3-21H,1-2H3/q+1. The first-order valence-electron chi connectivity index (χ1n) is 11.4. The van der Waals surface area contributed by atoms with E-state index in [0.717, 1.165) is 0 Å². The Bertz CT molecular complexity index is 1620. The molecule has 0 fully saturated rings. The van der Waals surface area contributed by atoms with Crippen LogP contribution in [0.5, 0.6) is 0 Å². The predicted molar refractivity (Wildman–Crippen MR) is 138 cm³/mol. The molecule has 0 saturated heterocycles. The van der Waals surface area contributed by atoms with E-state index >= 15 is 0 Å². The fourth-order valence-electron chi connectivity index (χ4n) is 4.87. The Morgan fingerprint density at radius 1 is 0.606 bits per heavy atom. The lowest BCUT2D eigenvalue weighted by molar-refractivity contribution is -0.633. The number of aryl methyl sites for hydroxylation is 2. The third kappa shape index (κ3) is 3.23. The molecule has 5 aromatic carbocycles. The Hall–Kier alpha value is -4.17. The van der Waals surface area contributed by atoms with Gasteiger partial charge in [-0.3, -0.25) is 0 Å². The summed E-state index contributed by atoms with van der Waals surface area (Å²) in [7, 11) is 2.17.